The molecule has 2 aromatic rings. The van der Waals surface area contributed by atoms with Crippen LogP contribution in [0.1, 0.15) is 60.3 Å². The number of carbonyl (C=O) groups is 2. The topological polar surface area (TPSA) is 115 Å². The Hall–Kier alpha value is -2.48. The summed E-state index contributed by atoms with van der Waals surface area (Å²) < 4.78 is 10.2. The number of carboxylic acids is 1. The van der Waals surface area contributed by atoms with E-state index in [2.05, 4.69) is 15.5 Å². The maximum absolute atomic E-state index is 12.7. The number of methoxy groups -OCH3 is 1. The molecule has 0 radical (unpaired) electrons. The SMILES string of the molecule is COC(CNC(=O)c1cc(C2CC2)nc2onc(C(C)C)c12)C(=O)O. The molecule has 1 aliphatic carbocycles. The molecule has 1 fully saturated rings. The number of hydrogen-bond donors (Lipinski definition) is 2. The minimum Gasteiger partial charge on any atom is -0.479 e. The van der Waals surface area contributed by atoms with Gasteiger partial charge in [0.15, 0.2) is 6.10 Å². The Bertz CT molecular complexity index is 810. The average Bonchev–Trinajstić information content (AvgIpc) is 3.32. The standard InChI is InChI=1S/C17H21N3O5/c1-8(2)14-13-10(15(21)18-7-12(24-3)17(22)23)6-11(9-4-5-9)19-16(13)25-20-14/h6,8-9,12H,4-5,7H2,1-3H3,(H,18,21)(H,22,23). The number of aliphatic carboxylic acids is 1. The van der Waals surface area contributed by atoms with Gasteiger partial charge in [0.05, 0.1) is 23.2 Å². The van der Waals surface area contributed by atoms with Crippen LogP contribution < -0.4 is 5.32 Å². The highest BCUT2D eigenvalue weighted by Crippen LogP contribution is 2.41. The first-order valence-corrected chi connectivity index (χ1v) is 8.26. The number of ether oxygens (including phenoxy) is 1. The van der Waals surface area contributed by atoms with Gasteiger partial charge in [-0.05, 0) is 24.8 Å². The zero-order chi connectivity index (χ0) is 18.1. The van der Waals surface area contributed by atoms with Crippen LogP contribution in [0.3, 0.4) is 0 Å². The van der Waals surface area contributed by atoms with Gasteiger partial charge in [0.2, 0.25) is 0 Å². The quantitative estimate of drug-likeness (QED) is 0.787. The van der Waals surface area contributed by atoms with Crippen molar-refractivity contribution in [3.05, 3.63) is 23.0 Å². The third-order valence-corrected chi connectivity index (χ3v) is 4.29. The van der Waals surface area contributed by atoms with Gasteiger partial charge in [-0.1, -0.05) is 19.0 Å². The molecular formula is C17H21N3O5. The number of hydrogen-bond acceptors (Lipinski definition) is 6. The Morgan fingerprint density at radius 3 is 2.72 bits per heavy atom. The van der Waals surface area contributed by atoms with Crippen molar-refractivity contribution in [1.82, 2.24) is 15.5 Å². The first-order valence-electron chi connectivity index (χ1n) is 8.26. The van der Waals surface area contributed by atoms with Crippen molar-refractivity contribution in [2.24, 2.45) is 0 Å². The molecule has 8 nitrogen and oxygen atoms in total. The molecule has 0 spiro atoms. The number of nitrogens with zero attached hydrogens (tertiary/aromatic N) is 2. The maximum atomic E-state index is 12.7. The number of carbonyl (C=O) groups excluding carboxylic acids is 1. The molecule has 1 unspecified atom stereocenters. The van der Waals surface area contributed by atoms with E-state index in [1.165, 1.54) is 7.11 Å². The van der Waals surface area contributed by atoms with Crippen molar-refractivity contribution >= 4 is 23.0 Å². The van der Waals surface area contributed by atoms with Gasteiger partial charge in [0.25, 0.3) is 11.6 Å². The van der Waals surface area contributed by atoms with Crippen LogP contribution in [-0.4, -0.2) is 46.9 Å². The molecule has 2 heterocycles. The van der Waals surface area contributed by atoms with Crippen molar-refractivity contribution < 1.29 is 24.0 Å². The van der Waals surface area contributed by atoms with Crippen LogP contribution in [0.25, 0.3) is 11.1 Å². The fraction of sp³-hybridized carbons (Fsp3) is 0.529. The Balaban J connectivity index is 1.96. The summed E-state index contributed by atoms with van der Waals surface area (Å²) in [6.07, 6.45) is 0.974. The summed E-state index contributed by atoms with van der Waals surface area (Å²) in [7, 11) is 1.29. The highest BCUT2D eigenvalue weighted by Gasteiger charge is 2.30. The zero-order valence-electron chi connectivity index (χ0n) is 14.4. The normalized spacial score (nSPS) is 15.5. The molecule has 0 aromatic carbocycles. The van der Waals surface area contributed by atoms with Crippen molar-refractivity contribution in [3.63, 3.8) is 0 Å². The monoisotopic (exact) mass is 347 g/mol. The first-order chi connectivity index (χ1) is 11.9. The predicted molar refractivity (Wildman–Crippen MR) is 88.6 cm³/mol. The van der Waals surface area contributed by atoms with Gasteiger partial charge < -0.3 is 19.7 Å². The Labute approximate surface area is 144 Å². The summed E-state index contributed by atoms with van der Waals surface area (Å²) in [6, 6.07) is 1.76. The number of nitrogens with one attached hydrogen (secondary N) is 1. The molecule has 0 aliphatic heterocycles. The summed E-state index contributed by atoms with van der Waals surface area (Å²) in [5.41, 5.74) is 2.24. The van der Waals surface area contributed by atoms with Crippen LogP contribution in [0, 0.1) is 0 Å². The molecule has 2 N–H and O–H groups in total. The Morgan fingerprint density at radius 1 is 1.44 bits per heavy atom. The third-order valence-electron chi connectivity index (χ3n) is 4.29. The van der Waals surface area contributed by atoms with Gasteiger partial charge in [0.1, 0.15) is 0 Å². The van der Waals surface area contributed by atoms with Crippen molar-refractivity contribution in [2.45, 2.75) is 44.6 Å². The summed E-state index contributed by atoms with van der Waals surface area (Å²) in [6.45, 7) is 3.79. The predicted octanol–water partition coefficient (Wildman–Crippen LogP) is 2.05. The Kier molecular flexibility index (Phi) is 4.71. The number of rotatable bonds is 7. The van der Waals surface area contributed by atoms with Gasteiger partial charge in [-0.2, -0.15) is 0 Å². The molecule has 134 valence electrons. The lowest BCUT2D eigenvalue weighted by molar-refractivity contribution is -0.148. The molecule has 1 atom stereocenters. The van der Waals surface area contributed by atoms with Crippen LogP contribution in [0.2, 0.25) is 0 Å². The van der Waals surface area contributed by atoms with E-state index in [0.717, 1.165) is 18.5 Å². The molecule has 25 heavy (non-hydrogen) atoms. The van der Waals surface area contributed by atoms with Crippen molar-refractivity contribution in [3.8, 4) is 0 Å². The van der Waals surface area contributed by atoms with E-state index in [4.69, 9.17) is 14.4 Å². The summed E-state index contributed by atoms with van der Waals surface area (Å²) in [5.74, 6) is -1.11. The van der Waals surface area contributed by atoms with E-state index in [1.54, 1.807) is 6.07 Å². The molecule has 1 amide bonds. The Morgan fingerprint density at radius 2 is 2.16 bits per heavy atom. The zero-order valence-corrected chi connectivity index (χ0v) is 14.4. The lowest BCUT2D eigenvalue weighted by Crippen LogP contribution is -2.38. The van der Waals surface area contributed by atoms with Gasteiger partial charge >= 0.3 is 5.97 Å². The van der Waals surface area contributed by atoms with Gasteiger partial charge in [-0.3, -0.25) is 4.79 Å². The number of amides is 1. The second-order valence-corrected chi connectivity index (χ2v) is 6.54. The number of fused-ring (bicyclic) bond motifs is 1. The summed E-state index contributed by atoms with van der Waals surface area (Å²) >= 11 is 0. The third kappa shape index (κ3) is 3.48. The minimum atomic E-state index is -1.13. The van der Waals surface area contributed by atoms with Crippen molar-refractivity contribution in [2.75, 3.05) is 13.7 Å². The molecule has 1 saturated carbocycles. The van der Waals surface area contributed by atoms with Crippen molar-refractivity contribution in [1.29, 1.82) is 0 Å². The smallest absolute Gasteiger partial charge is 0.334 e. The van der Waals surface area contributed by atoms with Crippen LogP contribution in [0.15, 0.2) is 10.6 Å². The maximum Gasteiger partial charge on any atom is 0.334 e. The molecule has 1 aliphatic rings. The lowest BCUT2D eigenvalue weighted by atomic mass is 10.0. The fourth-order valence-corrected chi connectivity index (χ4v) is 2.71. The van der Waals surface area contributed by atoms with Gasteiger partial charge in [-0.15, -0.1) is 0 Å². The molecule has 8 heteroatoms. The highest BCUT2D eigenvalue weighted by atomic mass is 16.5. The van der Waals surface area contributed by atoms with E-state index in [1.807, 2.05) is 13.8 Å². The van der Waals surface area contributed by atoms with E-state index in [0.29, 0.717) is 28.3 Å². The second-order valence-electron chi connectivity index (χ2n) is 6.54. The number of carboxylic acid groups (broad SMARTS) is 1. The lowest BCUT2D eigenvalue weighted by Gasteiger charge is -2.13. The molecular weight excluding hydrogens is 326 g/mol. The molecule has 0 bridgehead atoms. The van der Waals surface area contributed by atoms with Gasteiger partial charge in [-0.25, -0.2) is 9.78 Å². The molecule has 2 aromatic heterocycles. The second kappa shape index (κ2) is 6.79. The highest BCUT2D eigenvalue weighted by molar-refractivity contribution is 6.06. The van der Waals surface area contributed by atoms with E-state index in [-0.39, 0.29) is 18.4 Å². The van der Waals surface area contributed by atoms with Crippen LogP contribution in [0.4, 0.5) is 0 Å². The minimum absolute atomic E-state index is 0.0621. The fourth-order valence-electron chi connectivity index (χ4n) is 2.71. The van der Waals surface area contributed by atoms with Gasteiger partial charge in [0, 0.05) is 18.7 Å². The molecule has 3 rings (SSSR count). The van der Waals surface area contributed by atoms with E-state index < -0.39 is 12.1 Å². The number of aromatic nitrogens is 2. The van der Waals surface area contributed by atoms with Crippen LogP contribution in [0.5, 0.6) is 0 Å². The largest absolute Gasteiger partial charge is 0.479 e. The molecule has 0 saturated heterocycles. The first kappa shape index (κ1) is 17.3. The summed E-state index contributed by atoms with van der Waals surface area (Å²) in [5, 5.41) is 16.3. The van der Waals surface area contributed by atoms with E-state index >= 15 is 0 Å². The van der Waals surface area contributed by atoms with E-state index in [9.17, 15) is 9.59 Å². The van der Waals surface area contributed by atoms with Crippen LogP contribution in [-0.2, 0) is 9.53 Å². The average molecular weight is 347 g/mol. The number of pyridine rings is 1. The summed E-state index contributed by atoms with van der Waals surface area (Å²) in [4.78, 5) is 28.2. The van der Waals surface area contributed by atoms with Crippen LogP contribution >= 0.6 is 0 Å².